The highest BCUT2D eigenvalue weighted by Crippen LogP contribution is 2.28. The Morgan fingerprint density at radius 2 is 2.00 bits per heavy atom. The van der Waals surface area contributed by atoms with Crippen LogP contribution < -0.4 is 10.1 Å². The number of rotatable bonds is 6. The van der Waals surface area contributed by atoms with Gasteiger partial charge in [-0.3, -0.25) is 4.90 Å². The predicted molar refractivity (Wildman–Crippen MR) is 92.0 cm³/mol. The van der Waals surface area contributed by atoms with Crippen LogP contribution in [0.4, 0.5) is 27.9 Å². The molecule has 1 aliphatic rings. The van der Waals surface area contributed by atoms with E-state index in [0.717, 1.165) is 31.6 Å². The molecule has 0 bridgehead atoms. The second-order valence-electron chi connectivity index (χ2n) is 6.47. The third-order valence-corrected chi connectivity index (χ3v) is 4.37. The van der Waals surface area contributed by atoms with Crippen molar-refractivity contribution in [1.29, 1.82) is 0 Å². The molecule has 0 radical (unpaired) electrons. The molecule has 5 nitrogen and oxygen atoms in total. The summed E-state index contributed by atoms with van der Waals surface area (Å²) in [4.78, 5) is 9.41. The average molecular weight is 402 g/mol. The maximum absolute atomic E-state index is 12.8. The maximum Gasteiger partial charge on any atom is 0.433 e. The zero-order valence-corrected chi connectivity index (χ0v) is 14.8. The number of nitrogens with one attached hydrogen (secondary N) is 1. The van der Waals surface area contributed by atoms with Crippen LogP contribution in [0, 0.1) is 0 Å². The van der Waals surface area contributed by atoms with E-state index >= 15 is 0 Å². The minimum Gasteiger partial charge on any atom is -0.434 e. The summed E-state index contributed by atoms with van der Waals surface area (Å²) in [5.41, 5.74) is -0.380. The zero-order valence-electron chi connectivity index (χ0n) is 14.8. The van der Waals surface area contributed by atoms with E-state index in [2.05, 4.69) is 20.0 Å². The van der Waals surface area contributed by atoms with Crippen LogP contribution in [-0.2, 0) is 12.7 Å². The summed E-state index contributed by atoms with van der Waals surface area (Å²) >= 11 is 0. The predicted octanol–water partition coefficient (Wildman–Crippen LogP) is 4.17. The van der Waals surface area contributed by atoms with E-state index in [1.807, 2.05) is 4.90 Å². The minimum absolute atomic E-state index is 0.0805. The highest BCUT2D eigenvalue weighted by molar-refractivity contribution is 5.33. The molecule has 28 heavy (non-hydrogen) atoms. The molecule has 1 N–H and O–H groups in total. The highest BCUT2D eigenvalue weighted by Gasteiger charge is 2.33. The van der Waals surface area contributed by atoms with Gasteiger partial charge in [-0.15, -0.1) is 0 Å². The first kappa shape index (κ1) is 20.2. The zero-order chi connectivity index (χ0) is 20.1. The molecule has 1 unspecified atom stereocenters. The number of anilines is 1. The molecule has 2 aromatic rings. The number of piperidine rings is 1. The molecule has 1 atom stereocenters. The molecule has 0 aliphatic carbocycles. The fourth-order valence-electron chi connectivity index (χ4n) is 3.17. The maximum atomic E-state index is 12.8. The number of benzene rings is 1. The molecular formula is C18H19F5N4O. The van der Waals surface area contributed by atoms with Crippen LogP contribution in [0.25, 0.3) is 0 Å². The second-order valence-corrected chi connectivity index (χ2v) is 6.47. The van der Waals surface area contributed by atoms with Crippen LogP contribution in [0.1, 0.15) is 24.1 Å². The first-order chi connectivity index (χ1) is 13.3. The first-order valence-electron chi connectivity index (χ1n) is 8.73. The van der Waals surface area contributed by atoms with Gasteiger partial charge in [-0.05, 0) is 31.5 Å². The third-order valence-electron chi connectivity index (χ3n) is 4.37. The Balaban J connectivity index is 1.64. The molecule has 0 spiro atoms. The lowest BCUT2D eigenvalue weighted by atomic mass is 10.0. The molecule has 3 rings (SSSR count). The van der Waals surface area contributed by atoms with E-state index in [9.17, 15) is 22.0 Å². The number of para-hydroxylation sites is 1. The second kappa shape index (κ2) is 8.68. The molecule has 0 saturated carbocycles. The van der Waals surface area contributed by atoms with Gasteiger partial charge < -0.3 is 10.1 Å². The Morgan fingerprint density at radius 1 is 1.21 bits per heavy atom. The summed E-state index contributed by atoms with van der Waals surface area (Å²) in [6, 6.07) is 7.22. The monoisotopic (exact) mass is 402 g/mol. The van der Waals surface area contributed by atoms with Crippen LogP contribution in [0.5, 0.6) is 5.75 Å². The molecule has 0 amide bonds. The molecular weight excluding hydrogens is 383 g/mol. The van der Waals surface area contributed by atoms with Gasteiger partial charge in [0.1, 0.15) is 11.4 Å². The quantitative estimate of drug-likeness (QED) is 0.735. The number of hydrogen-bond donors (Lipinski definition) is 1. The van der Waals surface area contributed by atoms with Crippen LogP contribution in [-0.4, -0.2) is 40.6 Å². The summed E-state index contributed by atoms with van der Waals surface area (Å²) < 4.78 is 68.0. The van der Waals surface area contributed by atoms with E-state index in [1.54, 1.807) is 18.2 Å². The molecule has 1 fully saturated rings. The van der Waals surface area contributed by atoms with E-state index in [4.69, 9.17) is 0 Å². The third kappa shape index (κ3) is 5.51. The van der Waals surface area contributed by atoms with Crippen molar-refractivity contribution in [3.05, 3.63) is 47.8 Å². The number of nitrogens with zero attached hydrogens (tertiary/aromatic N) is 3. The van der Waals surface area contributed by atoms with Crippen molar-refractivity contribution < 1.29 is 26.7 Å². The van der Waals surface area contributed by atoms with Crippen LogP contribution in [0.15, 0.2) is 36.5 Å². The molecule has 10 heteroatoms. The van der Waals surface area contributed by atoms with E-state index in [-0.39, 0.29) is 17.7 Å². The molecule has 2 heterocycles. The van der Waals surface area contributed by atoms with E-state index < -0.39 is 18.5 Å². The SMILES string of the molecule is FC(F)Oc1ccccc1CN1CCCC(Nc2nccc(C(F)(F)F)n2)C1. The number of likely N-dealkylation sites (tertiary alicyclic amines) is 1. The van der Waals surface area contributed by atoms with Gasteiger partial charge in [0.2, 0.25) is 5.95 Å². The molecule has 152 valence electrons. The minimum atomic E-state index is -4.54. The van der Waals surface area contributed by atoms with Crippen LogP contribution in [0.2, 0.25) is 0 Å². The van der Waals surface area contributed by atoms with Crippen LogP contribution >= 0.6 is 0 Å². The van der Waals surface area contributed by atoms with E-state index in [1.165, 1.54) is 6.07 Å². The Bertz CT molecular complexity index is 787. The summed E-state index contributed by atoms with van der Waals surface area (Å²) in [5, 5.41) is 2.94. The summed E-state index contributed by atoms with van der Waals surface area (Å²) in [7, 11) is 0. The van der Waals surface area contributed by atoms with Crippen molar-refractivity contribution in [2.75, 3.05) is 18.4 Å². The Kier molecular flexibility index (Phi) is 6.28. The summed E-state index contributed by atoms with van der Waals surface area (Å²) in [5.74, 6) is 0.0388. The first-order valence-corrected chi connectivity index (χ1v) is 8.73. The Morgan fingerprint density at radius 3 is 2.75 bits per heavy atom. The van der Waals surface area contributed by atoms with Crippen LogP contribution in [0.3, 0.4) is 0 Å². The largest absolute Gasteiger partial charge is 0.434 e. The Hall–Kier alpha value is -2.49. The van der Waals surface area contributed by atoms with Gasteiger partial charge in [-0.2, -0.15) is 22.0 Å². The smallest absolute Gasteiger partial charge is 0.433 e. The number of halogens is 5. The van der Waals surface area contributed by atoms with Crippen molar-refractivity contribution in [3.63, 3.8) is 0 Å². The number of alkyl halides is 5. The lowest BCUT2D eigenvalue weighted by molar-refractivity contribution is -0.141. The van der Waals surface area contributed by atoms with Crippen molar-refractivity contribution >= 4 is 5.95 Å². The fourth-order valence-corrected chi connectivity index (χ4v) is 3.17. The van der Waals surface area contributed by atoms with Gasteiger partial charge in [0.15, 0.2) is 0 Å². The van der Waals surface area contributed by atoms with E-state index in [0.29, 0.717) is 18.7 Å². The topological polar surface area (TPSA) is 50.3 Å². The standard InChI is InChI=1S/C18H19F5N4O/c19-16(20)28-14-6-2-1-4-12(14)10-27-9-3-5-13(11-27)25-17-24-8-7-15(26-17)18(21,22)23/h1-2,4,6-8,13,16H,3,5,9-11H2,(H,24,25,26). The van der Waals surface area contributed by atoms with Crippen molar-refractivity contribution in [1.82, 2.24) is 14.9 Å². The van der Waals surface area contributed by atoms with Crippen molar-refractivity contribution in [2.45, 2.75) is 38.2 Å². The fraction of sp³-hybridized carbons (Fsp3) is 0.444. The van der Waals surface area contributed by atoms with Gasteiger partial charge in [0, 0.05) is 30.9 Å². The van der Waals surface area contributed by atoms with Crippen molar-refractivity contribution in [2.24, 2.45) is 0 Å². The number of ether oxygens (including phenoxy) is 1. The number of hydrogen-bond acceptors (Lipinski definition) is 5. The van der Waals surface area contributed by atoms with Gasteiger partial charge >= 0.3 is 12.8 Å². The lowest BCUT2D eigenvalue weighted by Gasteiger charge is -2.33. The van der Waals surface area contributed by atoms with Gasteiger partial charge in [0.25, 0.3) is 0 Å². The van der Waals surface area contributed by atoms with Gasteiger partial charge in [-0.1, -0.05) is 18.2 Å². The number of aromatic nitrogens is 2. The summed E-state index contributed by atoms with van der Waals surface area (Å²) in [6.07, 6.45) is -1.93. The Labute approximate surface area is 158 Å². The highest BCUT2D eigenvalue weighted by atomic mass is 19.4. The normalized spacial score (nSPS) is 18.3. The molecule has 1 saturated heterocycles. The van der Waals surface area contributed by atoms with Gasteiger partial charge in [0.05, 0.1) is 0 Å². The molecule has 1 aliphatic heterocycles. The van der Waals surface area contributed by atoms with Crippen molar-refractivity contribution in [3.8, 4) is 5.75 Å². The van der Waals surface area contributed by atoms with Gasteiger partial charge in [-0.25, -0.2) is 9.97 Å². The molecule has 1 aromatic carbocycles. The average Bonchev–Trinajstić information content (AvgIpc) is 2.63. The molecule has 1 aromatic heterocycles. The summed E-state index contributed by atoms with van der Waals surface area (Å²) in [6.45, 7) is -1.26. The lowest BCUT2D eigenvalue weighted by Crippen LogP contribution is -2.42.